The van der Waals surface area contributed by atoms with Gasteiger partial charge in [-0.05, 0) is 42.6 Å². The Morgan fingerprint density at radius 2 is 1.94 bits per heavy atom. The van der Waals surface area contributed by atoms with Crippen LogP contribution < -0.4 is 0 Å². The van der Waals surface area contributed by atoms with Crippen LogP contribution in [0.25, 0.3) is 10.8 Å². The summed E-state index contributed by atoms with van der Waals surface area (Å²) in [5.74, 6) is 2.64. The smallest absolute Gasteiger partial charge is 0.0515 e. The molecular formula is C16H17N. The highest BCUT2D eigenvalue weighted by Crippen LogP contribution is 2.53. The lowest BCUT2D eigenvalue weighted by Crippen LogP contribution is -2.10. The molecule has 1 heterocycles. The van der Waals surface area contributed by atoms with E-state index < -0.39 is 0 Å². The Morgan fingerprint density at radius 1 is 1.00 bits per heavy atom. The highest BCUT2D eigenvalue weighted by Gasteiger charge is 2.41. The molecule has 2 bridgehead atoms. The van der Waals surface area contributed by atoms with Crippen molar-refractivity contribution in [3.05, 3.63) is 42.2 Å². The second-order valence-corrected chi connectivity index (χ2v) is 5.70. The number of hydrogen-bond donors (Lipinski definition) is 0. The largest absolute Gasteiger partial charge is 0.260 e. The average molecular weight is 223 g/mol. The zero-order valence-corrected chi connectivity index (χ0v) is 9.97. The van der Waals surface area contributed by atoms with E-state index in [1.807, 2.05) is 6.20 Å². The van der Waals surface area contributed by atoms with Gasteiger partial charge in [-0.1, -0.05) is 30.7 Å². The van der Waals surface area contributed by atoms with Crippen LogP contribution in [0.2, 0.25) is 0 Å². The maximum Gasteiger partial charge on any atom is 0.0515 e. The van der Waals surface area contributed by atoms with Gasteiger partial charge in [0.05, 0.1) is 5.69 Å². The minimum absolute atomic E-state index is 0.736. The molecule has 17 heavy (non-hydrogen) atoms. The van der Waals surface area contributed by atoms with Crippen LogP contribution in [0.5, 0.6) is 0 Å². The van der Waals surface area contributed by atoms with Gasteiger partial charge in [-0.15, -0.1) is 0 Å². The summed E-state index contributed by atoms with van der Waals surface area (Å²) in [4.78, 5) is 4.71. The van der Waals surface area contributed by atoms with Gasteiger partial charge in [-0.2, -0.15) is 0 Å². The maximum atomic E-state index is 4.71. The topological polar surface area (TPSA) is 12.9 Å². The van der Waals surface area contributed by atoms with E-state index >= 15 is 0 Å². The van der Waals surface area contributed by atoms with Crippen LogP contribution in [0, 0.1) is 11.8 Å². The summed E-state index contributed by atoms with van der Waals surface area (Å²) in [6.07, 6.45) is 7.72. The van der Waals surface area contributed by atoms with Gasteiger partial charge in [0.2, 0.25) is 0 Å². The van der Waals surface area contributed by atoms with Crippen molar-refractivity contribution in [2.75, 3.05) is 0 Å². The molecule has 1 aromatic heterocycles. The fourth-order valence-electron chi connectivity index (χ4n) is 4.02. The van der Waals surface area contributed by atoms with Crippen LogP contribution in [-0.2, 0) is 0 Å². The van der Waals surface area contributed by atoms with Gasteiger partial charge in [-0.25, -0.2) is 0 Å². The third-order valence-electron chi connectivity index (χ3n) is 4.79. The summed E-state index contributed by atoms with van der Waals surface area (Å²) in [6.45, 7) is 0. The lowest BCUT2D eigenvalue weighted by atomic mass is 9.84. The van der Waals surface area contributed by atoms with Crippen molar-refractivity contribution in [1.29, 1.82) is 0 Å². The maximum absolute atomic E-state index is 4.71. The van der Waals surface area contributed by atoms with Crippen molar-refractivity contribution < 1.29 is 0 Å². The third kappa shape index (κ3) is 1.41. The Balaban J connectivity index is 1.85. The average Bonchev–Trinajstić information content (AvgIpc) is 3.00. The lowest BCUT2D eigenvalue weighted by Gasteiger charge is -2.22. The van der Waals surface area contributed by atoms with Gasteiger partial charge in [0.15, 0.2) is 0 Å². The molecule has 0 saturated heterocycles. The van der Waals surface area contributed by atoms with E-state index in [2.05, 4.69) is 30.3 Å². The van der Waals surface area contributed by atoms with E-state index in [-0.39, 0.29) is 0 Å². The number of fused-ring (bicyclic) bond motifs is 3. The number of aromatic nitrogens is 1. The standard InChI is InChI=1S/C16H17N/c1-2-4-14-12(3-1)7-8-17-16(14)15-10-11-5-6-13(15)9-11/h1-4,7-8,11,13,15H,5-6,9-10H2/t11-,13+,15-/m0/s1. The van der Waals surface area contributed by atoms with E-state index in [0.717, 1.165) is 17.8 Å². The Hall–Kier alpha value is -1.37. The summed E-state index contributed by atoms with van der Waals surface area (Å²) in [6, 6.07) is 10.8. The van der Waals surface area contributed by atoms with Gasteiger partial charge < -0.3 is 0 Å². The van der Waals surface area contributed by atoms with E-state index in [0.29, 0.717) is 0 Å². The molecule has 0 amide bonds. The van der Waals surface area contributed by atoms with Crippen molar-refractivity contribution in [3.8, 4) is 0 Å². The van der Waals surface area contributed by atoms with Gasteiger partial charge in [0, 0.05) is 17.5 Å². The minimum atomic E-state index is 0.736. The number of pyridine rings is 1. The number of hydrogen-bond acceptors (Lipinski definition) is 1. The SMILES string of the molecule is c1ccc2c([C@H]3C[C@H]4CC[C@@H]3C4)nccc2c1. The summed E-state index contributed by atoms with van der Waals surface area (Å²) >= 11 is 0. The summed E-state index contributed by atoms with van der Waals surface area (Å²) in [5.41, 5.74) is 1.37. The van der Waals surface area contributed by atoms with E-state index in [1.165, 1.54) is 42.1 Å². The molecular weight excluding hydrogens is 206 g/mol. The molecule has 2 aliphatic rings. The van der Waals surface area contributed by atoms with Gasteiger partial charge in [-0.3, -0.25) is 4.98 Å². The van der Waals surface area contributed by atoms with Crippen molar-refractivity contribution in [1.82, 2.24) is 4.98 Å². The second-order valence-electron chi connectivity index (χ2n) is 5.70. The third-order valence-corrected chi connectivity index (χ3v) is 4.79. The van der Waals surface area contributed by atoms with E-state index in [4.69, 9.17) is 4.98 Å². The fraction of sp³-hybridized carbons (Fsp3) is 0.438. The molecule has 0 N–H and O–H groups in total. The molecule has 0 radical (unpaired) electrons. The molecule has 2 aromatic rings. The highest BCUT2D eigenvalue weighted by molar-refractivity contribution is 5.84. The summed E-state index contributed by atoms with van der Waals surface area (Å²) in [7, 11) is 0. The Bertz CT molecular complexity index is 555. The predicted molar refractivity (Wildman–Crippen MR) is 69.9 cm³/mol. The van der Waals surface area contributed by atoms with Crippen molar-refractivity contribution in [3.63, 3.8) is 0 Å². The molecule has 2 saturated carbocycles. The summed E-state index contributed by atoms with van der Waals surface area (Å²) < 4.78 is 0. The normalized spacial score (nSPS) is 31.2. The molecule has 1 aromatic carbocycles. The van der Waals surface area contributed by atoms with Crippen LogP contribution in [0.15, 0.2) is 36.5 Å². The zero-order chi connectivity index (χ0) is 11.2. The second kappa shape index (κ2) is 3.56. The molecule has 4 rings (SSSR count). The monoisotopic (exact) mass is 223 g/mol. The van der Waals surface area contributed by atoms with Crippen LogP contribution in [0.1, 0.15) is 37.3 Å². The molecule has 0 spiro atoms. The Labute approximate surface area is 102 Å². The van der Waals surface area contributed by atoms with Crippen molar-refractivity contribution >= 4 is 10.8 Å². The van der Waals surface area contributed by atoms with Crippen molar-refractivity contribution in [2.24, 2.45) is 11.8 Å². The molecule has 2 fully saturated rings. The highest BCUT2D eigenvalue weighted by atomic mass is 14.7. The molecule has 1 heteroatoms. The quantitative estimate of drug-likeness (QED) is 0.708. The predicted octanol–water partition coefficient (Wildman–Crippen LogP) is 4.14. The van der Waals surface area contributed by atoms with Crippen LogP contribution >= 0.6 is 0 Å². The Morgan fingerprint density at radius 3 is 2.76 bits per heavy atom. The molecule has 0 unspecified atom stereocenters. The first-order chi connectivity index (χ1) is 8.42. The first-order valence-corrected chi connectivity index (χ1v) is 6.75. The zero-order valence-electron chi connectivity index (χ0n) is 9.97. The minimum Gasteiger partial charge on any atom is -0.260 e. The van der Waals surface area contributed by atoms with E-state index in [9.17, 15) is 0 Å². The van der Waals surface area contributed by atoms with Gasteiger partial charge >= 0.3 is 0 Å². The lowest BCUT2D eigenvalue weighted by molar-refractivity contribution is 0.415. The summed E-state index contributed by atoms with van der Waals surface area (Å²) in [5, 5.41) is 2.73. The molecule has 1 nitrogen and oxygen atoms in total. The van der Waals surface area contributed by atoms with Crippen LogP contribution in [0.4, 0.5) is 0 Å². The van der Waals surface area contributed by atoms with Crippen LogP contribution in [0.3, 0.4) is 0 Å². The first kappa shape index (κ1) is 9.64. The van der Waals surface area contributed by atoms with Crippen molar-refractivity contribution in [2.45, 2.75) is 31.6 Å². The molecule has 2 aliphatic carbocycles. The molecule has 3 atom stereocenters. The van der Waals surface area contributed by atoms with Crippen LogP contribution in [-0.4, -0.2) is 4.98 Å². The van der Waals surface area contributed by atoms with E-state index in [1.54, 1.807) is 0 Å². The van der Waals surface area contributed by atoms with Gasteiger partial charge in [0.25, 0.3) is 0 Å². The van der Waals surface area contributed by atoms with Gasteiger partial charge in [0.1, 0.15) is 0 Å². The number of nitrogens with zero attached hydrogens (tertiary/aromatic N) is 1. The Kier molecular flexibility index (Phi) is 2.02. The number of benzene rings is 1. The number of rotatable bonds is 1. The molecule has 86 valence electrons. The molecule has 0 aliphatic heterocycles. The fourth-order valence-corrected chi connectivity index (χ4v) is 4.02. The first-order valence-electron chi connectivity index (χ1n) is 6.75.